The Labute approximate surface area is 120 Å². The van der Waals surface area contributed by atoms with Crippen molar-refractivity contribution in [3.63, 3.8) is 0 Å². The number of fused-ring (bicyclic) bond motifs is 1. The Morgan fingerprint density at radius 3 is 2.75 bits per heavy atom. The number of rotatable bonds is 5. The highest BCUT2D eigenvalue weighted by atomic mass is 15.2. The van der Waals surface area contributed by atoms with Gasteiger partial charge in [-0.3, -0.25) is 0 Å². The number of anilines is 1. The van der Waals surface area contributed by atoms with E-state index in [4.69, 9.17) is 4.98 Å². The highest BCUT2D eigenvalue weighted by Crippen LogP contribution is 2.31. The molecule has 2 aliphatic rings. The first kappa shape index (κ1) is 12.2. The van der Waals surface area contributed by atoms with Crippen molar-refractivity contribution in [3.05, 3.63) is 35.9 Å². The summed E-state index contributed by atoms with van der Waals surface area (Å²) in [6.07, 6.45) is 5.27. The van der Waals surface area contributed by atoms with Gasteiger partial charge in [0.1, 0.15) is 5.82 Å². The van der Waals surface area contributed by atoms with Crippen LogP contribution in [0, 0.1) is 0 Å². The molecule has 0 saturated heterocycles. The second-order valence-electron chi connectivity index (χ2n) is 6.15. The van der Waals surface area contributed by atoms with Crippen LogP contribution in [0.2, 0.25) is 0 Å². The fraction of sp³-hybridized carbons (Fsp3) is 0.471. The Morgan fingerprint density at radius 2 is 2.00 bits per heavy atom. The lowest BCUT2D eigenvalue weighted by atomic mass is 10.1. The van der Waals surface area contributed by atoms with E-state index in [2.05, 4.69) is 47.6 Å². The van der Waals surface area contributed by atoms with Crippen LogP contribution < -0.4 is 10.2 Å². The van der Waals surface area contributed by atoms with Crippen LogP contribution in [0.1, 0.15) is 31.2 Å². The topological polar surface area (TPSA) is 28.2 Å². The highest BCUT2D eigenvalue weighted by molar-refractivity contribution is 5.84. The molecule has 0 atom stereocenters. The van der Waals surface area contributed by atoms with Gasteiger partial charge in [0.25, 0.3) is 0 Å². The molecule has 4 rings (SSSR count). The maximum Gasteiger partial charge on any atom is 0.129 e. The van der Waals surface area contributed by atoms with Gasteiger partial charge in [0, 0.05) is 31.1 Å². The van der Waals surface area contributed by atoms with Crippen molar-refractivity contribution >= 4 is 16.7 Å². The normalized spacial score (nSPS) is 18.4. The van der Waals surface area contributed by atoms with E-state index in [9.17, 15) is 0 Å². The number of pyridine rings is 1. The van der Waals surface area contributed by atoms with Gasteiger partial charge in [0.15, 0.2) is 0 Å². The molecule has 0 bridgehead atoms. The van der Waals surface area contributed by atoms with Gasteiger partial charge in [0.2, 0.25) is 0 Å². The van der Waals surface area contributed by atoms with Crippen LogP contribution in [0.15, 0.2) is 30.3 Å². The van der Waals surface area contributed by atoms with Crippen LogP contribution in [0.5, 0.6) is 0 Å². The molecule has 2 saturated carbocycles. The van der Waals surface area contributed by atoms with Crippen molar-refractivity contribution in [1.29, 1.82) is 0 Å². The highest BCUT2D eigenvalue weighted by Gasteiger charge is 2.27. The molecule has 0 radical (unpaired) electrons. The van der Waals surface area contributed by atoms with E-state index in [1.807, 2.05) is 0 Å². The zero-order valence-electron chi connectivity index (χ0n) is 12.0. The summed E-state index contributed by atoms with van der Waals surface area (Å²) in [5.74, 6) is 1.12. The van der Waals surface area contributed by atoms with Gasteiger partial charge in [-0.15, -0.1) is 0 Å². The van der Waals surface area contributed by atoms with Crippen molar-refractivity contribution in [2.75, 3.05) is 11.9 Å². The second kappa shape index (κ2) is 4.74. The fourth-order valence-corrected chi connectivity index (χ4v) is 2.75. The quantitative estimate of drug-likeness (QED) is 0.902. The summed E-state index contributed by atoms with van der Waals surface area (Å²) in [6.45, 7) is 0.958. The maximum atomic E-state index is 4.84. The zero-order valence-corrected chi connectivity index (χ0v) is 12.0. The summed E-state index contributed by atoms with van der Waals surface area (Å²) in [5.41, 5.74) is 2.50. The third-order valence-electron chi connectivity index (χ3n) is 4.40. The van der Waals surface area contributed by atoms with Crippen LogP contribution in [0.3, 0.4) is 0 Å². The van der Waals surface area contributed by atoms with E-state index < -0.39 is 0 Å². The fourth-order valence-electron chi connectivity index (χ4n) is 2.75. The van der Waals surface area contributed by atoms with Gasteiger partial charge >= 0.3 is 0 Å². The molecule has 0 spiro atoms. The Bertz CT molecular complexity index is 629. The molecule has 2 aromatic rings. The predicted octanol–water partition coefficient (Wildman–Crippen LogP) is 3.09. The van der Waals surface area contributed by atoms with Crippen molar-refractivity contribution in [2.24, 2.45) is 0 Å². The number of nitrogens with one attached hydrogen (secondary N) is 1. The van der Waals surface area contributed by atoms with Gasteiger partial charge in [-0.25, -0.2) is 4.98 Å². The van der Waals surface area contributed by atoms with Crippen molar-refractivity contribution in [3.8, 4) is 0 Å². The van der Waals surface area contributed by atoms with Crippen LogP contribution in [0.25, 0.3) is 10.9 Å². The standard InChI is InChI=1S/C17H21N3/c1-20(14-8-9-14)17-10-12(11-18-13-6-7-13)15-4-2-3-5-16(15)19-17/h2-5,10,13-14,18H,6-9,11H2,1H3. The van der Waals surface area contributed by atoms with Crippen LogP contribution in [0.4, 0.5) is 5.82 Å². The van der Waals surface area contributed by atoms with Gasteiger partial charge in [-0.1, -0.05) is 18.2 Å². The predicted molar refractivity (Wildman–Crippen MR) is 83.0 cm³/mol. The molecule has 1 N–H and O–H groups in total. The molecule has 0 aliphatic heterocycles. The molecular weight excluding hydrogens is 246 g/mol. The minimum atomic E-state index is 0.702. The molecule has 1 heterocycles. The first-order chi connectivity index (χ1) is 9.81. The van der Waals surface area contributed by atoms with Gasteiger partial charge in [0.05, 0.1) is 5.52 Å². The molecule has 1 aromatic carbocycles. The monoisotopic (exact) mass is 267 g/mol. The van der Waals surface area contributed by atoms with E-state index in [1.165, 1.54) is 36.6 Å². The summed E-state index contributed by atoms with van der Waals surface area (Å²) in [7, 11) is 2.17. The molecule has 0 amide bonds. The lowest BCUT2D eigenvalue weighted by Gasteiger charge is -2.19. The summed E-state index contributed by atoms with van der Waals surface area (Å²) in [6, 6.07) is 12.2. The van der Waals surface area contributed by atoms with E-state index in [0.29, 0.717) is 6.04 Å². The van der Waals surface area contributed by atoms with E-state index in [1.54, 1.807) is 0 Å². The molecule has 1 aromatic heterocycles. The van der Waals surface area contributed by atoms with E-state index in [0.717, 1.165) is 23.9 Å². The molecule has 3 heteroatoms. The Hall–Kier alpha value is -1.61. The SMILES string of the molecule is CN(c1cc(CNC2CC2)c2ccccc2n1)C1CC1. The van der Waals surface area contributed by atoms with Crippen LogP contribution in [-0.2, 0) is 6.54 Å². The summed E-state index contributed by atoms with van der Waals surface area (Å²) >= 11 is 0. The van der Waals surface area contributed by atoms with Gasteiger partial charge in [-0.2, -0.15) is 0 Å². The third kappa shape index (κ3) is 2.38. The molecule has 2 fully saturated rings. The Kier molecular flexibility index (Phi) is 2.88. The summed E-state index contributed by atoms with van der Waals surface area (Å²) in [4.78, 5) is 7.18. The van der Waals surface area contributed by atoms with Crippen LogP contribution >= 0.6 is 0 Å². The second-order valence-corrected chi connectivity index (χ2v) is 6.15. The van der Waals surface area contributed by atoms with Crippen molar-refractivity contribution < 1.29 is 0 Å². The van der Waals surface area contributed by atoms with E-state index in [-0.39, 0.29) is 0 Å². The first-order valence-corrected chi connectivity index (χ1v) is 7.66. The molecule has 2 aliphatic carbocycles. The number of hydrogen-bond donors (Lipinski definition) is 1. The molecule has 104 valence electrons. The van der Waals surface area contributed by atoms with Gasteiger partial charge in [-0.05, 0) is 43.4 Å². The molecule has 0 unspecified atom stereocenters. The van der Waals surface area contributed by atoms with E-state index >= 15 is 0 Å². The van der Waals surface area contributed by atoms with Gasteiger partial charge < -0.3 is 10.2 Å². The molecule has 3 nitrogen and oxygen atoms in total. The molecule has 20 heavy (non-hydrogen) atoms. The number of nitrogens with zero attached hydrogens (tertiary/aromatic N) is 2. The minimum absolute atomic E-state index is 0.702. The third-order valence-corrected chi connectivity index (χ3v) is 4.40. The van der Waals surface area contributed by atoms with Crippen molar-refractivity contribution in [2.45, 2.75) is 44.3 Å². The number of aromatic nitrogens is 1. The largest absolute Gasteiger partial charge is 0.357 e. The number of para-hydroxylation sites is 1. The number of hydrogen-bond acceptors (Lipinski definition) is 3. The Balaban J connectivity index is 1.72. The van der Waals surface area contributed by atoms with Crippen LogP contribution in [-0.4, -0.2) is 24.1 Å². The lowest BCUT2D eigenvalue weighted by molar-refractivity contribution is 0.690. The summed E-state index contributed by atoms with van der Waals surface area (Å²) < 4.78 is 0. The maximum absolute atomic E-state index is 4.84. The smallest absolute Gasteiger partial charge is 0.129 e. The lowest BCUT2D eigenvalue weighted by Crippen LogP contribution is -2.22. The minimum Gasteiger partial charge on any atom is -0.357 e. The number of benzene rings is 1. The average Bonchev–Trinajstić information content (AvgIpc) is 3.37. The summed E-state index contributed by atoms with van der Waals surface area (Å²) in [5, 5.41) is 4.92. The van der Waals surface area contributed by atoms with Crippen molar-refractivity contribution in [1.82, 2.24) is 10.3 Å². The zero-order chi connectivity index (χ0) is 13.5. The Morgan fingerprint density at radius 1 is 1.20 bits per heavy atom. The first-order valence-electron chi connectivity index (χ1n) is 7.66. The molecular formula is C17H21N3. The average molecular weight is 267 g/mol.